The van der Waals surface area contributed by atoms with Gasteiger partial charge in [-0.15, -0.1) is 0 Å². The van der Waals surface area contributed by atoms with Crippen LogP contribution in [0.4, 0.5) is 17.1 Å². The van der Waals surface area contributed by atoms with Gasteiger partial charge in [-0.2, -0.15) is 0 Å². The summed E-state index contributed by atoms with van der Waals surface area (Å²) >= 11 is 0. The van der Waals surface area contributed by atoms with E-state index in [1.54, 1.807) is 0 Å². The fourth-order valence-corrected chi connectivity index (χ4v) is 11.2. The van der Waals surface area contributed by atoms with Crippen molar-refractivity contribution in [2.45, 2.75) is 5.41 Å². The molecule has 1 aliphatic heterocycles. The predicted octanol–water partition coefficient (Wildman–Crippen LogP) is 16.2. The van der Waals surface area contributed by atoms with E-state index in [0.29, 0.717) is 23.0 Å². The van der Waals surface area contributed by atoms with E-state index in [1.807, 2.05) is 6.07 Å². The van der Waals surface area contributed by atoms with Crippen LogP contribution in [-0.4, -0.2) is 4.57 Å². The number of nitrogens with zero attached hydrogens (tertiary/aromatic N) is 2. The number of anilines is 3. The summed E-state index contributed by atoms with van der Waals surface area (Å²) in [6.07, 6.45) is 0. The Morgan fingerprint density at radius 2 is 0.908 bits per heavy atom. The number of hydrogen-bond acceptors (Lipinski definition) is 3. The summed E-state index contributed by atoms with van der Waals surface area (Å²) in [4.78, 5) is 2.27. The van der Waals surface area contributed by atoms with Gasteiger partial charge in [-0.1, -0.05) is 158 Å². The topological polar surface area (TPSA) is 26.6 Å². The molecule has 3 aliphatic rings. The van der Waals surface area contributed by atoms with Gasteiger partial charge in [0.15, 0.2) is 23.0 Å². The van der Waals surface area contributed by atoms with Gasteiger partial charge in [-0.25, -0.2) is 0 Å². The van der Waals surface area contributed by atoms with Gasteiger partial charge in [0.05, 0.1) is 22.1 Å². The zero-order valence-corrected chi connectivity index (χ0v) is 35.2. The van der Waals surface area contributed by atoms with E-state index in [9.17, 15) is 0 Å². The molecule has 14 rings (SSSR count). The van der Waals surface area contributed by atoms with Crippen molar-refractivity contribution in [3.05, 3.63) is 253 Å². The average Bonchev–Trinajstić information content (AvgIpc) is 3.97. The first kappa shape index (κ1) is 35.9. The molecule has 65 heavy (non-hydrogen) atoms. The van der Waals surface area contributed by atoms with E-state index in [-0.39, 0.29) is 0 Å². The van der Waals surface area contributed by atoms with Gasteiger partial charge in [0.2, 0.25) is 0 Å². The van der Waals surface area contributed by atoms with Crippen LogP contribution < -0.4 is 14.4 Å². The molecule has 0 saturated heterocycles. The minimum atomic E-state index is -0.472. The van der Waals surface area contributed by atoms with Crippen LogP contribution in [0.1, 0.15) is 22.3 Å². The van der Waals surface area contributed by atoms with Gasteiger partial charge in [-0.3, -0.25) is 0 Å². The predicted molar refractivity (Wildman–Crippen MR) is 264 cm³/mol. The highest BCUT2D eigenvalue weighted by atomic mass is 16.6. The fraction of sp³-hybridized carbons (Fsp3) is 0.0164. The molecule has 0 saturated carbocycles. The standard InChI is InChI=1S/C61H38N2O2/c1-2-17-41(18-3-1)62(43-19-14-16-40(36-43)39-32-34-42(35-33-39)63-54-28-12-7-23-47(54)48-24-8-13-29-55(48)63)56-30-15-31-57-60(56)65-58-37-49-46-22-6-11-27-52(46)61(53(49)38-59(58)64-57)50-25-9-4-20-44(50)45-21-5-10-26-51(45)61/h1-38H. The maximum absolute atomic E-state index is 7.12. The summed E-state index contributed by atoms with van der Waals surface area (Å²) < 4.78 is 16.5. The summed E-state index contributed by atoms with van der Waals surface area (Å²) in [7, 11) is 0. The lowest BCUT2D eigenvalue weighted by Crippen LogP contribution is -2.25. The third-order valence-electron chi connectivity index (χ3n) is 13.9. The molecule has 10 aromatic carbocycles. The van der Waals surface area contributed by atoms with Crippen LogP contribution >= 0.6 is 0 Å². The Hall–Kier alpha value is -8.60. The number of hydrogen-bond donors (Lipinski definition) is 0. The molecule has 2 aliphatic carbocycles. The van der Waals surface area contributed by atoms with Gasteiger partial charge >= 0.3 is 0 Å². The summed E-state index contributed by atoms with van der Waals surface area (Å²) in [6.45, 7) is 0. The molecule has 0 fully saturated rings. The zero-order valence-electron chi connectivity index (χ0n) is 35.2. The second-order valence-electron chi connectivity index (χ2n) is 17.2. The summed E-state index contributed by atoms with van der Waals surface area (Å²) in [5, 5.41) is 2.51. The van der Waals surface area contributed by atoms with Gasteiger partial charge in [0, 0.05) is 27.8 Å². The third kappa shape index (κ3) is 5.08. The largest absolute Gasteiger partial charge is 0.449 e. The van der Waals surface area contributed by atoms with Gasteiger partial charge in [-0.05, 0) is 128 Å². The van der Waals surface area contributed by atoms with Crippen molar-refractivity contribution in [1.29, 1.82) is 0 Å². The van der Waals surface area contributed by atoms with Crippen LogP contribution in [-0.2, 0) is 5.41 Å². The van der Waals surface area contributed by atoms with Crippen molar-refractivity contribution >= 4 is 38.9 Å². The van der Waals surface area contributed by atoms with E-state index in [4.69, 9.17) is 9.47 Å². The zero-order chi connectivity index (χ0) is 42.6. The molecule has 4 nitrogen and oxygen atoms in total. The number of aromatic nitrogens is 1. The van der Waals surface area contributed by atoms with Crippen LogP contribution in [0.5, 0.6) is 23.0 Å². The molecule has 0 N–H and O–H groups in total. The maximum atomic E-state index is 7.12. The average molecular weight is 831 g/mol. The number of para-hydroxylation sites is 4. The molecular weight excluding hydrogens is 793 g/mol. The van der Waals surface area contributed by atoms with Gasteiger partial charge < -0.3 is 18.9 Å². The van der Waals surface area contributed by atoms with E-state index in [2.05, 4.69) is 234 Å². The Kier molecular flexibility index (Phi) is 7.57. The molecule has 4 heteroatoms. The first-order valence-electron chi connectivity index (χ1n) is 22.2. The lowest BCUT2D eigenvalue weighted by molar-refractivity contribution is 0.360. The SMILES string of the molecule is c1ccc(N(c2cccc(-c3ccc(-n4c5ccccc5c5ccccc54)cc3)c2)c2cccc3c2Oc2cc4c(cc2O3)C2(c3ccccc3-c3ccccc32)c2ccccc2-4)cc1. The van der Waals surface area contributed by atoms with Crippen LogP contribution in [0.15, 0.2) is 231 Å². The Morgan fingerprint density at radius 1 is 0.354 bits per heavy atom. The van der Waals surface area contributed by atoms with Gasteiger partial charge in [0.25, 0.3) is 0 Å². The van der Waals surface area contributed by atoms with Crippen LogP contribution in [0, 0.1) is 0 Å². The highest BCUT2D eigenvalue weighted by Gasteiger charge is 2.52. The second kappa shape index (κ2) is 13.7. The summed E-state index contributed by atoms with van der Waals surface area (Å²) in [5.41, 5.74) is 18.2. The molecule has 0 radical (unpaired) electrons. The molecule has 1 aromatic heterocycles. The highest BCUT2D eigenvalue weighted by Crippen LogP contribution is 2.65. The number of ether oxygens (including phenoxy) is 2. The number of benzene rings is 10. The molecule has 0 bridgehead atoms. The van der Waals surface area contributed by atoms with Crippen LogP contribution in [0.2, 0.25) is 0 Å². The van der Waals surface area contributed by atoms with Crippen molar-refractivity contribution in [1.82, 2.24) is 4.57 Å². The number of fused-ring (bicyclic) bond motifs is 15. The first-order valence-corrected chi connectivity index (χ1v) is 22.2. The van der Waals surface area contributed by atoms with E-state index < -0.39 is 5.41 Å². The molecule has 304 valence electrons. The van der Waals surface area contributed by atoms with Crippen LogP contribution in [0.3, 0.4) is 0 Å². The summed E-state index contributed by atoms with van der Waals surface area (Å²) in [6, 6.07) is 82.7. The molecular formula is C61H38N2O2. The minimum Gasteiger partial charge on any atom is -0.449 e. The van der Waals surface area contributed by atoms with Crippen molar-refractivity contribution < 1.29 is 9.47 Å². The lowest BCUT2D eigenvalue weighted by atomic mass is 9.70. The van der Waals surface area contributed by atoms with Crippen molar-refractivity contribution in [2.24, 2.45) is 0 Å². The quantitative estimate of drug-likeness (QED) is 0.173. The van der Waals surface area contributed by atoms with Crippen molar-refractivity contribution in [2.75, 3.05) is 4.90 Å². The van der Waals surface area contributed by atoms with Gasteiger partial charge in [0.1, 0.15) is 0 Å². The molecule has 11 aromatic rings. The molecule has 0 atom stereocenters. The fourth-order valence-electron chi connectivity index (χ4n) is 11.2. The van der Waals surface area contributed by atoms with E-state index >= 15 is 0 Å². The Balaban J connectivity index is 0.869. The maximum Gasteiger partial charge on any atom is 0.194 e. The smallest absolute Gasteiger partial charge is 0.194 e. The second-order valence-corrected chi connectivity index (χ2v) is 17.2. The molecule has 0 amide bonds. The van der Waals surface area contributed by atoms with Crippen LogP contribution in [0.25, 0.3) is 60.9 Å². The van der Waals surface area contributed by atoms with E-state index in [1.165, 1.54) is 60.8 Å². The summed E-state index contributed by atoms with van der Waals surface area (Å²) in [5.74, 6) is 2.74. The van der Waals surface area contributed by atoms with Crippen molar-refractivity contribution in [3.63, 3.8) is 0 Å². The Labute approximate surface area is 376 Å². The number of rotatable bonds is 5. The normalized spacial score (nSPS) is 13.3. The first-order chi connectivity index (χ1) is 32.2. The lowest BCUT2D eigenvalue weighted by Gasteiger charge is -2.32. The van der Waals surface area contributed by atoms with E-state index in [0.717, 1.165) is 39.4 Å². The molecule has 1 spiro atoms. The minimum absolute atomic E-state index is 0.472. The highest BCUT2D eigenvalue weighted by molar-refractivity contribution is 6.09. The molecule has 0 unspecified atom stereocenters. The Morgan fingerprint density at radius 3 is 1.58 bits per heavy atom. The third-order valence-corrected chi connectivity index (χ3v) is 13.9. The van der Waals surface area contributed by atoms with Crippen molar-refractivity contribution in [3.8, 4) is 62.1 Å². The monoisotopic (exact) mass is 830 g/mol. The Bertz CT molecular complexity index is 3640. The molecule has 2 heterocycles.